The number of rotatable bonds is 4. The molecule has 28 heavy (non-hydrogen) atoms. The average Bonchev–Trinajstić information content (AvgIpc) is 2.51. The number of carbonyl (C=O) groups is 1. The molecule has 0 aliphatic heterocycles. The standard InChI is InChI=1S/C18H10Br2F6O2/c19-11-6-10(7-12(20)8-11)14(17(21,22)23)4-2-9-1-3-13(16(27)28)15(5-9)18(24,25)26/h1,3-8H,2H2,(H,27,28)/b14-4+. The van der Waals surface area contributed by atoms with Crippen LogP contribution in [-0.2, 0) is 12.6 Å². The van der Waals surface area contributed by atoms with Crippen LogP contribution in [0.25, 0.3) is 5.57 Å². The molecule has 2 nitrogen and oxygen atoms in total. The lowest BCUT2D eigenvalue weighted by molar-refractivity contribution is -0.138. The van der Waals surface area contributed by atoms with Gasteiger partial charge in [0.1, 0.15) is 0 Å². The third-order valence-electron chi connectivity index (χ3n) is 3.64. The summed E-state index contributed by atoms with van der Waals surface area (Å²) in [5, 5.41) is 8.88. The third kappa shape index (κ3) is 5.60. The molecule has 0 aromatic heterocycles. The van der Waals surface area contributed by atoms with Crippen LogP contribution in [0.3, 0.4) is 0 Å². The first kappa shape index (κ1) is 22.5. The molecule has 2 rings (SSSR count). The van der Waals surface area contributed by atoms with Crippen LogP contribution < -0.4 is 0 Å². The van der Waals surface area contributed by atoms with E-state index < -0.39 is 41.4 Å². The van der Waals surface area contributed by atoms with Crippen molar-refractivity contribution in [2.45, 2.75) is 18.8 Å². The van der Waals surface area contributed by atoms with E-state index in [1.165, 1.54) is 18.2 Å². The van der Waals surface area contributed by atoms with Crippen molar-refractivity contribution in [1.29, 1.82) is 0 Å². The molecule has 150 valence electrons. The van der Waals surface area contributed by atoms with Gasteiger partial charge < -0.3 is 5.11 Å². The molecule has 0 radical (unpaired) electrons. The molecule has 0 amide bonds. The number of carboxylic acids is 1. The second-order valence-corrected chi connectivity index (χ2v) is 7.49. The smallest absolute Gasteiger partial charge is 0.417 e. The number of hydrogen-bond acceptors (Lipinski definition) is 1. The molecule has 0 aliphatic rings. The normalized spacial score (nSPS) is 12.9. The van der Waals surface area contributed by atoms with Gasteiger partial charge in [-0.3, -0.25) is 0 Å². The van der Waals surface area contributed by atoms with E-state index in [9.17, 15) is 31.1 Å². The molecule has 0 aliphatic carbocycles. The van der Waals surface area contributed by atoms with Crippen molar-refractivity contribution in [2.75, 3.05) is 0 Å². The van der Waals surface area contributed by atoms with E-state index in [1.54, 1.807) is 0 Å². The summed E-state index contributed by atoms with van der Waals surface area (Å²) < 4.78 is 80.3. The summed E-state index contributed by atoms with van der Waals surface area (Å²) in [6, 6.07) is 6.34. The number of alkyl halides is 6. The van der Waals surface area contributed by atoms with Crippen LogP contribution in [0.15, 0.2) is 51.4 Å². The number of carboxylic acid groups (broad SMARTS) is 1. The first-order valence-electron chi connectivity index (χ1n) is 7.46. The van der Waals surface area contributed by atoms with E-state index in [0.717, 1.165) is 18.2 Å². The number of allylic oxidation sites excluding steroid dienone is 2. The van der Waals surface area contributed by atoms with Crippen LogP contribution in [0.2, 0.25) is 0 Å². The van der Waals surface area contributed by atoms with E-state index in [4.69, 9.17) is 5.11 Å². The van der Waals surface area contributed by atoms with Crippen LogP contribution in [0.1, 0.15) is 27.0 Å². The van der Waals surface area contributed by atoms with Crippen molar-refractivity contribution in [2.24, 2.45) is 0 Å². The minimum Gasteiger partial charge on any atom is -0.478 e. The monoisotopic (exact) mass is 530 g/mol. The largest absolute Gasteiger partial charge is 0.478 e. The van der Waals surface area contributed by atoms with Crippen molar-refractivity contribution >= 4 is 43.4 Å². The summed E-state index contributed by atoms with van der Waals surface area (Å²) in [5.74, 6) is -1.77. The first-order chi connectivity index (χ1) is 12.8. The van der Waals surface area contributed by atoms with E-state index in [-0.39, 0.29) is 11.1 Å². The zero-order valence-electron chi connectivity index (χ0n) is 13.6. The Morgan fingerprint density at radius 3 is 2.00 bits per heavy atom. The fraction of sp³-hybridized carbons (Fsp3) is 0.167. The summed E-state index contributed by atoms with van der Waals surface area (Å²) in [7, 11) is 0. The third-order valence-corrected chi connectivity index (χ3v) is 4.56. The quantitative estimate of drug-likeness (QED) is 0.427. The van der Waals surface area contributed by atoms with Gasteiger partial charge in [0.2, 0.25) is 0 Å². The van der Waals surface area contributed by atoms with Crippen molar-refractivity contribution in [3.63, 3.8) is 0 Å². The predicted octanol–water partition coefficient (Wildman–Crippen LogP) is 7.12. The highest BCUT2D eigenvalue weighted by atomic mass is 79.9. The molecule has 2 aromatic carbocycles. The van der Waals surface area contributed by atoms with Gasteiger partial charge in [-0.25, -0.2) is 4.79 Å². The van der Waals surface area contributed by atoms with E-state index in [0.29, 0.717) is 15.0 Å². The predicted molar refractivity (Wildman–Crippen MR) is 98.0 cm³/mol. The van der Waals surface area contributed by atoms with Gasteiger partial charge in [0.15, 0.2) is 0 Å². The molecule has 0 heterocycles. The number of halogens is 8. The summed E-state index contributed by atoms with van der Waals surface area (Å²) in [6.45, 7) is 0. The van der Waals surface area contributed by atoms with Crippen LogP contribution in [0, 0.1) is 0 Å². The molecule has 0 spiro atoms. The molecular formula is C18H10Br2F6O2. The Kier molecular flexibility index (Phi) is 6.65. The molecule has 0 atom stereocenters. The highest BCUT2D eigenvalue weighted by Crippen LogP contribution is 2.37. The molecule has 1 N–H and O–H groups in total. The van der Waals surface area contributed by atoms with Crippen LogP contribution >= 0.6 is 31.9 Å². The fourth-order valence-corrected chi connectivity index (χ4v) is 3.76. The Morgan fingerprint density at radius 1 is 0.964 bits per heavy atom. The average molecular weight is 532 g/mol. The lowest BCUT2D eigenvalue weighted by Gasteiger charge is -2.14. The maximum absolute atomic E-state index is 13.5. The zero-order valence-corrected chi connectivity index (χ0v) is 16.8. The Balaban J connectivity index is 2.49. The molecule has 0 saturated carbocycles. The van der Waals surface area contributed by atoms with E-state index in [1.807, 2.05) is 0 Å². The van der Waals surface area contributed by atoms with Crippen molar-refractivity contribution < 1.29 is 36.2 Å². The zero-order chi connectivity index (χ0) is 21.3. The fourth-order valence-electron chi connectivity index (χ4n) is 2.47. The summed E-state index contributed by atoms with van der Waals surface area (Å²) in [4.78, 5) is 11.0. The molecule has 0 bridgehead atoms. The highest BCUT2D eigenvalue weighted by Gasteiger charge is 2.36. The number of benzene rings is 2. The second kappa shape index (κ2) is 8.28. The molecule has 0 fully saturated rings. The highest BCUT2D eigenvalue weighted by molar-refractivity contribution is 9.11. The van der Waals surface area contributed by atoms with Gasteiger partial charge in [-0.1, -0.05) is 44.0 Å². The molecule has 10 heteroatoms. The SMILES string of the molecule is O=C(O)c1ccc(C/C=C(\c2cc(Br)cc(Br)c2)C(F)(F)F)cc1C(F)(F)F. The van der Waals surface area contributed by atoms with Gasteiger partial charge in [-0.2, -0.15) is 26.3 Å². The Hall–Kier alpha value is -1.81. The Labute approximate surface area is 172 Å². The Bertz CT molecular complexity index is 912. The lowest BCUT2D eigenvalue weighted by atomic mass is 9.99. The van der Waals surface area contributed by atoms with Gasteiger partial charge in [0.05, 0.1) is 16.7 Å². The second-order valence-electron chi connectivity index (χ2n) is 5.66. The van der Waals surface area contributed by atoms with Crippen molar-refractivity contribution in [1.82, 2.24) is 0 Å². The van der Waals surface area contributed by atoms with Crippen molar-refractivity contribution in [3.05, 3.63) is 73.7 Å². The van der Waals surface area contributed by atoms with Crippen molar-refractivity contribution in [3.8, 4) is 0 Å². The topological polar surface area (TPSA) is 37.3 Å². The summed E-state index contributed by atoms with van der Waals surface area (Å²) in [5.41, 5.74) is -3.68. The van der Waals surface area contributed by atoms with Gasteiger partial charge in [-0.05, 0) is 47.9 Å². The van der Waals surface area contributed by atoms with Gasteiger partial charge in [0.25, 0.3) is 0 Å². The molecular weight excluding hydrogens is 522 g/mol. The van der Waals surface area contributed by atoms with E-state index in [2.05, 4.69) is 31.9 Å². The number of aromatic carboxylic acids is 1. The van der Waals surface area contributed by atoms with E-state index >= 15 is 0 Å². The summed E-state index contributed by atoms with van der Waals surface area (Å²) in [6.07, 6.45) is -9.39. The maximum atomic E-state index is 13.5. The summed E-state index contributed by atoms with van der Waals surface area (Å²) >= 11 is 6.18. The maximum Gasteiger partial charge on any atom is 0.417 e. The molecule has 0 saturated heterocycles. The number of hydrogen-bond donors (Lipinski definition) is 1. The molecule has 0 unspecified atom stereocenters. The van der Waals surface area contributed by atoms with Gasteiger partial charge in [0, 0.05) is 8.95 Å². The minimum atomic E-state index is -4.95. The minimum absolute atomic E-state index is 0.104. The molecule has 2 aromatic rings. The Morgan fingerprint density at radius 2 is 1.54 bits per heavy atom. The van der Waals surface area contributed by atoms with Crippen LogP contribution in [0.4, 0.5) is 26.3 Å². The van der Waals surface area contributed by atoms with Gasteiger partial charge >= 0.3 is 18.3 Å². The van der Waals surface area contributed by atoms with Crippen LogP contribution in [-0.4, -0.2) is 17.3 Å². The lowest BCUT2D eigenvalue weighted by Crippen LogP contribution is -2.14. The van der Waals surface area contributed by atoms with Crippen LogP contribution in [0.5, 0.6) is 0 Å². The first-order valence-corrected chi connectivity index (χ1v) is 9.05. The van der Waals surface area contributed by atoms with Gasteiger partial charge in [-0.15, -0.1) is 0 Å².